The van der Waals surface area contributed by atoms with Crippen molar-refractivity contribution in [1.29, 1.82) is 0 Å². The van der Waals surface area contributed by atoms with Gasteiger partial charge < -0.3 is 14.2 Å². The van der Waals surface area contributed by atoms with Gasteiger partial charge in [-0.15, -0.1) is 0 Å². The van der Waals surface area contributed by atoms with Gasteiger partial charge in [-0.3, -0.25) is 4.79 Å². The Morgan fingerprint density at radius 1 is 1.04 bits per heavy atom. The highest BCUT2D eigenvalue weighted by Gasteiger charge is 2.30. The fourth-order valence-electron chi connectivity index (χ4n) is 3.50. The van der Waals surface area contributed by atoms with Crippen LogP contribution in [0.2, 0.25) is 0 Å². The number of amides is 1. The van der Waals surface area contributed by atoms with E-state index in [4.69, 9.17) is 9.26 Å². The van der Waals surface area contributed by atoms with E-state index in [1.807, 2.05) is 59.5 Å². The summed E-state index contributed by atoms with van der Waals surface area (Å²) >= 11 is 0. The molecule has 1 atom stereocenters. The Hall–Kier alpha value is -2.99. The van der Waals surface area contributed by atoms with E-state index in [1.54, 1.807) is 0 Å². The first-order valence-electron chi connectivity index (χ1n) is 9.68. The van der Waals surface area contributed by atoms with Gasteiger partial charge in [-0.2, -0.15) is 4.98 Å². The third kappa shape index (κ3) is 3.43. The lowest BCUT2D eigenvalue weighted by molar-refractivity contribution is -0.0228. The highest BCUT2D eigenvalue weighted by molar-refractivity contribution is 5.94. The van der Waals surface area contributed by atoms with Gasteiger partial charge >= 0.3 is 0 Å². The molecule has 5 rings (SSSR count). The number of carbonyl (C=O) groups excluding carboxylic acids is 1. The lowest BCUT2D eigenvalue weighted by Gasteiger charge is -2.33. The average molecular weight is 375 g/mol. The van der Waals surface area contributed by atoms with Crippen molar-refractivity contribution in [2.45, 2.75) is 24.9 Å². The zero-order valence-corrected chi connectivity index (χ0v) is 15.5. The summed E-state index contributed by atoms with van der Waals surface area (Å²) in [7, 11) is 0. The van der Waals surface area contributed by atoms with Crippen LogP contribution >= 0.6 is 0 Å². The molecule has 0 bridgehead atoms. The second-order valence-electron chi connectivity index (χ2n) is 7.33. The minimum atomic E-state index is -0.0849. The SMILES string of the molecule is O=C(c1ccc(-c2noc(C3CC3)n2)cc1)N1CCOC(c2ccccc2)C1. The zero-order valence-electron chi connectivity index (χ0n) is 15.5. The first-order valence-corrected chi connectivity index (χ1v) is 9.68. The number of aromatic nitrogens is 2. The molecular formula is C22H21N3O3. The van der Waals surface area contributed by atoms with Gasteiger partial charge in [-0.25, -0.2) is 0 Å². The van der Waals surface area contributed by atoms with E-state index in [9.17, 15) is 4.79 Å². The maximum absolute atomic E-state index is 12.9. The predicted molar refractivity (Wildman–Crippen MR) is 103 cm³/mol. The van der Waals surface area contributed by atoms with Crippen LogP contribution in [0, 0.1) is 0 Å². The number of nitrogens with zero attached hydrogens (tertiary/aromatic N) is 3. The van der Waals surface area contributed by atoms with Crippen molar-refractivity contribution in [3.63, 3.8) is 0 Å². The second kappa shape index (κ2) is 7.20. The number of hydrogen-bond donors (Lipinski definition) is 0. The largest absolute Gasteiger partial charge is 0.370 e. The summed E-state index contributed by atoms with van der Waals surface area (Å²) < 4.78 is 11.2. The minimum Gasteiger partial charge on any atom is -0.370 e. The van der Waals surface area contributed by atoms with Crippen molar-refractivity contribution >= 4 is 5.91 Å². The molecule has 0 spiro atoms. The summed E-state index contributed by atoms with van der Waals surface area (Å²) in [6, 6.07) is 17.5. The smallest absolute Gasteiger partial charge is 0.254 e. The van der Waals surface area contributed by atoms with E-state index < -0.39 is 0 Å². The van der Waals surface area contributed by atoms with Crippen LogP contribution in [-0.2, 0) is 4.74 Å². The molecule has 0 N–H and O–H groups in total. The van der Waals surface area contributed by atoms with Crippen molar-refractivity contribution in [1.82, 2.24) is 15.0 Å². The molecule has 6 nitrogen and oxygen atoms in total. The van der Waals surface area contributed by atoms with E-state index in [-0.39, 0.29) is 12.0 Å². The molecule has 142 valence electrons. The molecule has 1 aliphatic heterocycles. The summed E-state index contributed by atoms with van der Waals surface area (Å²) in [5.41, 5.74) is 2.61. The van der Waals surface area contributed by atoms with E-state index in [0.717, 1.165) is 29.9 Å². The molecule has 0 radical (unpaired) electrons. The Bertz CT molecular complexity index is 964. The number of carbonyl (C=O) groups is 1. The molecule has 28 heavy (non-hydrogen) atoms. The number of ether oxygens (including phenoxy) is 1. The van der Waals surface area contributed by atoms with Gasteiger partial charge in [-0.1, -0.05) is 47.6 Å². The van der Waals surface area contributed by atoms with E-state index in [1.165, 1.54) is 0 Å². The van der Waals surface area contributed by atoms with E-state index in [2.05, 4.69) is 10.1 Å². The standard InChI is InChI=1S/C22H21N3O3/c26-22(25-12-13-27-19(14-25)15-4-2-1-3-5-15)18-10-6-16(7-11-18)20-23-21(28-24-20)17-8-9-17/h1-7,10-11,17,19H,8-9,12-14H2. The molecule has 2 aliphatic rings. The summed E-state index contributed by atoms with van der Waals surface area (Å²) in [6.45, 7) is 1.69. The van der Waals surface area contributed by atoms with Crippen molar-refractivity contribution in [3.05, 3.63) is 71.6 Å². The molecular weight excluding hydrogens is 354 g/mol. The van der Waals surface area contributed by atoms with Crippen LogP contribution in [0.15, 0.2) is 59.1 Å². The average Bonchev–Trinajstić information content (AvgIpc) is 3.51. The van der Waals surface area contributed by atoms with Crippen molar-refractivity contribution in [2.75, 3.05) is 19.7 Å². The molecule has 2 fully saturated rings. The Balaban J connectivity index is 1.29. The van der Waals surface area contributed by atoms with Gasteiger partial charge in [-0.05, 0) is 30.5 Å². The van der Waals surface area contributed by atoms with E-state index in [0.29, 0.717) is 37.0 Å². The fourth-order valence-corrected chi connectivity index (χ4v) is 3.50. The third-order valence-corrected chi connectivity index (χ3v) is 5.28. The minimum absolute atomic E-state index is 0.0163. The van der Waals surface area contributed by atoms with Crippen molar-refractivity contribution in [3.8, 4) is 11.4 Å². The zero-order chi connectivity index (χ0) is 18.9. The van der Waals surface area contributed by atoms with Crippen molar-refractivity contribution < 1.29 is 14.1 Å². The number of hydrogen-bond acceptors (Lipinski definition) is 5. The third-order valence-electron chi connectivity index (χ3n) is 5.28. The maximum Gasteiger partial charge on any atom is 0.254 e. The topological polar surface area (TPSA) is 68.5 Å². The summed E-state index contributed by atoms with van der Waals surface area (Å²) in [6.07, 6.45) is 2.16. The van der Waals surface area contributed by atoms with Crippen LogP contribution in [-0.4, -0.2) is 40.6 Å². The first-order chi connectivity index (χ1) is 13.8. The fraction of sp³-hybridized carbons (Fsp3) is 0.318. The summed E-state index contributed by atoms with van der Waals surface area (Å²) in [5, 5.41) is 4.06. The molecule has 1 unspecified atom stereocenters. The quantitative estimate of drug-likeness (QED) is 0.693. The maximum atomic E-state index is 12.9. The van der Waals surface area contributed by atoms with Crippen LogP contribution in [0.5, 0.6) is 0 Å². The lowest BCUT2D eigenvalue weighted by Crippen LogP contribution is -2.42. The van der Waals surface area contributed by atoms with Gasteiger partial charge in [0.15, 0.2) is 0 Å². The van der Waals surface area contributed by atoms with Crippen LogP contribution in [0.4, 0.5) is 0 Å². The summed E-state index contributed by atoms with van der Waals surface area (Å²) in [5.74, 6) is 1.75. The molecule has 2 heterocycles. The van der Waals surface area contributed by atoms with Gasteiger partial charge in [0, 0.05) is 23.6 Å². The van der Waals surface area contributed by atoms with Crippen LogP contribution in [0.25, 0.3) is 11.4 Å². The van der Waals surface area contributed by atoms with Crippen LogP contribution in [0.3, 0.4) is 0 Å². The predicted octanol–water partition coefficient (Wildman–Crippen LogP) is 3.83. The molecule has 2 aromatic carbocycles. The normalized spacial score (nSPS) is 19.6. The molecule has 1 saturated carbocycles. The molecule has 1 saturated heterocycles. The molecule has 1 aliphatic carbocycles. The first kappa shape index (κ1) is 17.1. The van der Waals surface area contributed by atoms with Gasteiger partial charge in [0.1, 0.15) is 6.10 Å². The lowest BCUT2D eigenvalue weighted by atomic mass is 10.1. The Kier molecular flexibility index (Phi) is 4.41. The Labute approximate surface area is 163 Å². The molecule has 3 aromatic rings. The number of morpholine rings is 1. The van der Waals surface area contributed by atoms with Crippen molar-refractivity contribution in [2.24, 2.45) is 0 Å². The van der Waals surface area contributed by atoms with Gasteiger partial charge in [0.25, 0.3) is 5.91 Å². The van der Waals surface area contributed by atoms with Gasteiger partial charge in [0.2, 0.25) is 11.7 Å². The highest BCUT2D eigenvalue weighted by Crippen LogP contribution is 2.39. The van der Waals surface area contributed by atoms with Gasteiger partial charge in [0.05, 0.1) is 13.2 Å². The Morgan fingerprint density at radius 3 is 2.57 bits per heavy atom. The summed E-state index contributed by atoms with van der Waals surface area (Å²) in [4.78, 5) is 19.3. The van der Waals surface area contributed by atoms with E-state index >= 15 is 0 Å². The van der Waals surface area contributed by atoms with Crippen LogP contribution in [0.1, 0.15) is 46.7 Å². The number of rotatable bonds is 4. The molecule has 1 aromatic heterocycles. The Morgan fingerprint density at radius 2 is 1.82 bits per heavy atom. The van der Waals surface area contributed by atoms with Crippen LogP contribution < -0.4 is 0 Å². The molecule has 6 heteroatoms. The molecule has 1 amide bonds. The highest BCUT2D eigenvalue weighted by atomic mass is 16.5. The number of benzene rings is 2. The second-order valence-corrected chi connectivity index (χ2v) is 7.33. The monoisotopic (exact) mass is 375 g/mol.